The van der Waals surface area contributed by atoms with E-state index in [1.807, 2.05) is 13.8 Å². The number of hydrogen-bond acceptors (Lipinski definition) is 5. The number of nitrogens with zero attached hydrogens (tertiary/aromatic N) is 2. The summed E-state index contributed by atoms with van der Waals surface area (Å²) in [5.74, 6) is -0.448. The van der Waals surface area contributed by atoms with Crippen LogP contribution < -0.4 is 16.2 Å². The summed E-state index contributed by atoms with van der Waals surface area (Å²) in [5.41, 5.74) is 0.880. The first-order chi connectivity index (χ1) is 17.2. The molecule has 1 aliphatic rings. The van der Waals surface area contributed by atoms with Crippen LogP contribution in [-0.4, -0.2) is 52.4 Å². The number of carbonyl (C=O) groups is 3. The van der Waals surface area contributed by atoms with E-state index in [2.05, 4.69) is 10.6 Å². The lowest BCUT2D eigenvalue weighted by Gasteiger charge is -2.20. The molecule has 1 fully saturated rings. The molecule has 3 aromatic rings. The molecule has 2 aromatic heterocycles. The van der Waals surface area contributed by atoms with Gasteiger partial charge in [0.25, 0.3) is 17.4 Å². The molecule has 3 heterocycles. The molecule has 0 saturated carbocycles. The number of amides is 3. The molecule has 1 aliphatic heterocycles. The number of benzene rings is 1. The number of pyridine rings is 1. The zero-order valence-corrected chi connectivity index (χ0v) is 21.5. The van der Waals surface area contributed by atoms with Crippen LogP contribution in [0.4, 0.5) is 0 Å². The maximum absolute atomic E-state index is 13.1. The first-order valence-corrected chi connectivity index (χ1v) is 12.8. The fourth-order valence-electron chi connectivity index (χ4n) is 4.12. The van der Waals surface area contributed by atoms with E-state index in [-0.39, 0.29) is 29.2 Å². The predicted octanol–water partition coefficient (Wildman–Crippen LogP) is 3.34. The van der Waals surface area contributed by atoms with Gasteiger partial charge in [0.1, 0.15) is 0 Å². The van der Waals surface area contributed by atoms with Gasteiger partial charge >= 0.3 is 0 Å². The van der Waals surface area contributed by atoms with Crippen LogP contribution in [0.1, 0.15) is 40.3 Å². The maximum atomic E-state index is 13.1. The zero-order chi connectivity index (χ0) is 25.8. The monoisotopic (exact) mass is 526 g/mol. The third kappa shape index (κ3) is 6.03. The summed E-state index contributed by atoms with van der Waals surface area (Å²) in [6.45, 7) is 4.54. The minimum absolute atomic E-state index is 0.0159. The number of likely N-dealkylation sites (tertiary alicyclic amines) is 1. The molecule has 0 unspecified atom stereocenters. The van der Waals surface area contributed by atoms with E-state index >= 15 is 0 Å². The van der Waals surface area contributed by atoms with Crippen molar-refractivity contribution in [3.05, 3.63) is 85.9 Å². The van der Waals surface area contributed by atoms with E-state index in [1.54, 1.807) is 59.6 Å². The Morgan fingerprint density at radius 1 is 0.972 bits per heavy atom. The van der Waals surface area contributed by atoms with Gasteiger partial charge in [0.05, 0.1) is 21.3 Å². The molecule has 3 amide bonds. The van der Waals surface area contributed by atoms with E-state index in [0.29, 0.717) is 40.0 Å². The average molecular weight is 527 g/mol. The summed E-state index contributed by atoms with van der Waals surface area (Å²) in [6, 6.07) is 13.9. The van der Waals surface area contributed by atoms with Crippen LogP contribution >= 0.6 is 22.9 Å². The molecule has 4 rings (SSSR count). The van der Waals surface area contributed by atoms with Gasteiger partial charge in [0, 0.05) is 43.0 Å². The fourth-order valence-corrected chi connectivity index (χ4v) is 5.07. The Balaban J connectivity index is 1.49. The number of hydrogen-bond donors (Lipinski definition) is 2. The van der Waals surface area contributed by atoms with E-state index in [1.165, 1.54) is 22.0 Å². The van der Waals surface area contributed by atoms with Crippen LogP contribution in [0.2, 0.25) is 4.34 Å². The van der Waals surface area contributed by atoms with E-state index in [9.17, 15) is 19.2 Å². The maximum Gasteiger partial charge on any atom is 0.261 e. The van der Waals surface area contributed by atoms with Gasteiger partial charge in [-0.2, -0.15) is 0 Å². The Morgan fingerprint density at radius 3 is 2.22 bits per heavy atom. The summed E-state index contributed by atoms with van der Waals surface area (Å²) >= 11 is 7.14. The lowest BCUT2D eigenvalue weighted by Crippen LogP contribution is -2.50. The molecule has 0 spiro atoms. The van der Waals surface area contributed by atoms with Crippen molar-refractivity contribution >= 4 is 40.7 Å². The fraction of sp³-hybridized carbons (Fsp3) is 0.308. The second-order valence-electron chi connectivity index (χ2n) is 9.12. The molecule has 2 atom stereocenters. The van der Waals surface area contributed by atoms with E-state index < -0.39 is 12.1 Å². The molecule has 10 heteroatoms. The minimum Gasteiger partial charge on any atom is -0.345 e. The molecule has 8 nitrogen and oxygen atoms in total. The number of nitrogens with one attached hydrogen (secondary N) is 2. The second kappa shape index (κ2) is 11.1. The standard InChI is InChI=1S/C26H27ClN4O4S/c1-16(2)13-24(33)30-14-19(20(15-30)29-26(35)21-10-11-22(27)36-21)28-25(34)17-6-8-18(9-7-17)31-12-4-3-5-23(31)32/h3-12,16,19-20H,13-15H2,1-2H3,(H,28,34)(H,29,35)/t19-,20-/m1/s1. The summed E-state index contributed by atoms with van der Waals surface area (Å²) < 4.78 is 1.99. The van der Waals surface area contributed by atoms with Gasteiger partial charge in [-0.05, 0) is 48.4 Å². The number of rotatable bonds is 7. The molecule has 0 aliphatic carbocycles. The third-order valence-electron chi connectivity index (χ3n) is 5.92. The molecule has 0 bridgehead atoms. The van der Waals surface area contributed by atoms with Gasteiger partial charge in [0.2, 0.25) is 5.91 Å². The molecular weight excluding hydrogens is 500 g/mol. The smallest absolute Gasteiger partial charge is 0.261 e. The highest BCUT2D eigenvalue weighted by atomic mass is 35.5. The topological polar surface area (TPSA) is 101 Å². The quantitative estimate of drug-likeness (QED) is 0.493. The molecule has 1 aromatic carbocycles. The molecule has 1 saturated heterocycles. The van der Waals surface area contributed by atoms with Crippen LogP contribution in [0.5, 0.6) is 0 Å². The Morgan fingerprint density at radius 2 is 1.64 bits per heavy atom. The number of aromatic nitrogens is 1. The molecule has 0 radical (unpaired) electrons. The van der Waals surface area contributed by atoms with Gasteiger partial charge < -0.3 is 15.5 Å². The number of thiophene rings is 1. The zero-order valence-electron chi connectivity index (χ0n) is 19.9. The third-order valence-corrected chi connectivity index (χ3v) is 7.15. The summed E-state index contributed by atoms with van der Waals surface area (Å²) in [7, 11) is 0. The van der Waals surface area contributed by atoms with Crippen LogP contribution in [0.25, 0.3) is 5.69 Å². The molecule has 36 heavy (non-hydrogen) atoms. The first-order valence-electron chi connectivity index (χ1n) is 11.6. The van der Waals surface area contributed by atoms with Crippen LogP contribution in [0.15, 0.2) is 65.6 Å². The Labute approximate surface area is 217 Å². The van der Waals surface area contributed by atoms with Gasteiger partial charge in [-0.3, -0.25) is 23.7 Å². The van der Waals surface area contributed by atoms with Crippen molar-refractivity contribution in [2.75, 3.05) is 13.1 Å². The van der Waals surface area contributed by atoms with Crippen LogP contribution in [0.3, 0.4) is 0 Å². The second-order valence-corrected chi connectivity index (χ2v) is 10.8. The summed E-state index contributed by atoms with van der Waals surface area (Å²) in [5, 5.41) is 5.93. The van der Waals surface area contributed by atoms with Crippen molar-refractivity contribution in [1.29, 1.82) is 0 Å². The van der Waals surface area contributed by atoms with Gasteiger partial charge in [-0.25, -0.2) is 0 Å². The van der Waals surface area contributed by atoms with Crippen molar-refractivity contribution in [2.24, 2.45) is 5.92 Å². The van der Waals surface area contributed by atoms with Gasteiger partial charge in [-0.1, -0.05) is 31.5 Å². The van der Waals surface area contributed by atoms with Crippen molar-refractivity contribution in [2.45, 2.75) is 32.4 Å². The van der Waals surface area contributed by atoms with Crippen molar-refractivity contribution in [1.82, 2.24) is 20.1 Å². The van der Waals surface area contributed by atoms with Crippen molar-refractivity contribution in [3.63, 3.8) is 0 Å². The van der Waals surface area contributed by atoms with E-state index in [4.69, 9.17) is 11.6 Å². The van der Waals surface area contributed by atoms with Crippen LogP contribution in [-0.2, 0) is 4.79 Å². The predicted molar refractivity (Wildman–Crippen MR) is 140 cm³/mol. The van der Waals surface area contributed by atoms with Gasteiger partial charge in [-0.15, -0.1) is 11.3 Å². The number of halogens is 1. The lowest BCUT2D eigenvalue weighted by atomic mass is 10.1. The van der Waals surface area contributed by atoms with Gasteiger partial charge in [0.15, 0.2) is 0 Å². The Bertz CT molecular complexity index is 1320. The van der Waals surface area contributed by atoms with Crippen LogP contribution in [0, 0.1) is 5.92 Å². The normalized spacial score (nSPS) is 17.3. The summed E-state index contributed by atoms with van der Waals surface area (Å²) in [4.78, 5) is 52.8. The lowest BCUT2D eigenvalue weighted by molar-refractivity contribution is -0.131. The average Bonchev–Trinajstić information content (AvgIpc) is 3.45. The molecular formula is C26H27ClN4O4S. The van der Waals surface area contributed by atoms with E-state index in [0.717, 1.165) is 0 Å². The Hall–Kier alpha value is -3.43. The largest absolute Gasteiger partial charge is 0.345 e. The van der Waals surface area contributed by atoms with Crippen molar-refractivity contribution < 1.29 is 14.4 Å². The molecule has 188 valence electrons. The molecule has 2 N–H and O–H groups in total. The first kappa shape index (κ1) is 25.7. The summed E-state index contributed by atoms with van der Waals surface area (Å²) in [6.07, 6.45) is 2.05. The highest BCUT2D eigenvalue weighted by Crippen LogP contribution is 2.22. The highest BCUT2D eigenvalue weighted by molar-refractivity contribution is 7.18. The SMILES string of the molecule is CC(C)CC(=O)N1C[C@@H](NC(=O)c2ccc(-n3ccccc3=O)cc2)[C@H](NC(=O)c2ccc(Cl)s2)C1. The Kier molecular flexibility index (Phi) is 7.91. The number of carbonyl (C=O) groups excluding carboxylic acids is 3. The highest BCUT2D eigenvalue weighted by Gasteiger charge is 2.37. The minimum atomic E-state index is -0.468. The van der Waals surface area contributed by atoms with Crippen molar-refractivity contribution in [3.8, 4) is 5.69 Å².